The Morgan fingerprint density at radius 1 is 1.41 bits per heavy atom. The Labute approximate surface area is 219 Å². The second kappa shape index (κ2) is 12.8. The Bertz CT molecular complexity index is 1280. The van der Waals surface area contributed by atoms with Gasteiger partial charge in [0.25, 0.3) is 5.56 Å². The maximum atomic E-state index is 13.5. The standard InChI is InChI=1S/C22H26BrFN3O9P/c1-3-33-21(30)13(2)26-37(32,36-16-6-4-15(24)5-7-16)34-12-18-17(28)10-19(35-18)27-11-14(8-9-23)20(29)25-22(27)31/h4-9,11,13,17-19,28H,3,10,12H2,1-2H3,(H,26,32)(H,25,29,31)/t13-,17?,18+,19+,37?/m0/s1. The summed E-state index contributed by atoms with van der Waals surface area (Å²) in [5.41, 5.74) is -1.18. The highest BCUT2D eigenvalue weighted by atomic mass is 79.9. The van der Waals surface area contributed by atoms with Crippen LogP contribution in [0.5, 0.6) is 5.75 Å². The molecule has 3 rings (SSSR count). The third kappa shape index (κ3) is 7.69. The van der Waals surface area contributed by atoms with Crippen LogP contribution >= 0.6 is 23.7 Å². The molecule has 0 radical (unpaired) electrons. The quantitative estimate of drug-likeness (QED) is 0.256. The van der Waals surface area contributed by atoms with Crippen LogP contribution in [0.15, 0.2) is 45.0 Å². The highest BCUT2D eigenvalue weighted by molar-refractivity contribution is 9.11. The molecular formula is C22H26BrFN3O9P. The lowest BCUT2D eigenvalue weighted by Crippen LogP contribution is -2.36. The predicted octanol–water partition coefficient (Wildman–Crippen LogP) is 2.43. The predicted molar refractivity (Wildman–Crippen MR) is 134 cm³/mol. The summed E-state index contributed by atoms with van der Waals surface area (Å²) in [5, 5.41) is 13.0. The Morgan fingerprint density at radius 3 is 2.76 bits per heavy atom. The molecule has 2 aromatic rings. The number of rotatable bonds is 11. The molecule has 0 bridgehead atoms. The van der Waals surface area contributed by atoms with Crippen LogP contribution in [0.25, 0.3) is 6.08 Å². The lowest BCUT2D eigenvalue weighted by Gasteiger charge is -2.24. The zero-order valence-corrected chi connectivity index (χ0v) is 22.3. The van der Waals surface area contributed by atoms with Gasteiger partial charge in [0.1, 0.15) is 29.9 Å². The average molecular weight is 606 g/mol. The van der Waals surface area contributed by atoms with Crippen LogP contribution in [-0.4, -0.2) is 52.1 Å². The third-order valence-electron chi connectivity index (χ3n) is 5.19. The topological polar surface area (TPSA) is 158 Å². The Balaban J connectivity index is 1.76. The van der Waals surface area contributed by atoms with Gasteiger partial charge in [0.15, 0.2) is 0 Å². The third-order valence-corrected chi connectivity index (χ3v) is 7.10. The molecule has 12 nitrogen and oxygen atoms in total. The second-order valence-corrected chi connectivity index (χ2v) is 10.1. The maximum absolute atomic E-state index is 13.5. The van der Waals surface area contributed by atoms with Gasteiger partial charge in [-0.3, -0.25) is 23.7 Å². The number of aromatic nitrogens is 2. The SMILES string of the molecule is CCOC(=O)[C@H](C)NP(=O)(OC[C@H]1O[C@@H](n2cc(C=CBr)c(=O)[nH]c2=O)CC1O)Oc1ccc(F)cc1. The molecule has 1 aromatic heterocycles. The molecule has 5 atom stereocenters. The minimum atomic E-state index is -4.29. The monoisotopic (exact) mass is 605 g/mol. The molecule has 1 aliphatic rings. The number of H-pyrrole nitrogens is 1. The molecule has 202 valence electrons. The molecule has 2 heterocycles. The van der Waals surface area contributed by atoms with Gasteiger partial charge in [-0.1, -0.05) is 15.9 Å². The van der Waals surface area contributed by atoms with Crippen molar-refractivity contribution in [3.05, 3.63) is 67.7 Å². The summed E-state index contributed by atoms with van der Waals surface area (Å²) in [7, 11) is -4.29. The van der Waals surface area contributed by atoms with E-state index in [4.69, 9.17) is 18.5 Å². The van der Waals surface area contributed by atoms with E-state index in [0.29, 0.717) is 0 Å². The summed E-state index contributed by atoms with van der Waals surface area (Å²) in [5.74, 6) is -1.26. The van der Waals surface area contributed by atoms with Crippen molar-refractivity contribution in [3.63, 3.8) is 0 Å². The number of hydrogen-bond acceptors (Lipinski definition) is 9. The van der Waals surface area contributed by atoms with Crippen LogP contribution in [0.4, 0.5) is 4.39 Å². The van der Waals surface area contributed by atoms with Crippen molar-refractivity contribution in [2.24, 2.45) is 0 Å². The van der Waals surface area contributed by atoms with Gasteiger partial charge in [0.05, 0.1) is 24.9 Å². The van der Waals surface area contributed by atoms with Gasteiger partial charge < -0.3 is 19.1 Å². The largest absolute Gasteiger partial charge is 0.465 e. The van der Waals surface area contributed by atoms with Crippen LogP contribution < -0.4 is 20.9 Å². The zero-order valence-electron chi connectivity index (χ0n) is 19.8. The molecule has 0 spiro atoms. The van der Waals surface area contributed by atoms with Crippen molar-refractivity contribution >= 4 is 35.7 Å². The van der Waals surface area contributed by atoms with Crippen LogP contribution in [0, 0.1) is 5.82 Å². The molecule has 2 unspecified atom stereocenters. The molecule has 15 heteroatoms. The number of benzene rings is 1. The van der Waals surface area contributed by atoms with Gasteiger partial charge >= 0.3 is 19.4 Å². The number of carbonyl (C=O) groups excluding carboxylic acids is 1. The molecule has 37 heavy (non-hydrogen) atoms. The number of esters is 1. The number of aliphatic hydroxyl groups excluding tert-OH is 1. The Hall–Kier alpha value is -2.61. The van der Waals surface area contributed by atoms with E-state index >= 15 is 0 Å². The van der Waals surface area contributed by atoms with E-state index in [1.807, 2.05) is 0 Å². The number of carbonyl (C=O) groups is 1. The summed E-state index contributed by atoms with van der Waals surface area (Å²) >= 11 is 3.07. The Morgan fingerprint density at radius 2 is 2.11 bits per heavy atom. The molecule has 0 saturated carbocycles. The molecule has 1 aromatic carbocycles. The summed E-state index contributed by atoms with van der Waals surface area (Å²) < 4.78 is 49.5. The van der Waals surface area contributed by atoms with Gasteiger partial charge in [0, 0.05) is 12.6 Å². The first-order chi connectivity index (χ1) is 17.5. The molecule has 3 N–H and O–H groups in total. The maximum Gasteiger partial charge on any atom is 0.459 e. The summed E-state index contributed by atoms with van der Waals surface area (Å²) in [6.07, 6.45) is -0.471. The smallest absolute Gasteiger partial charge is 0.459 e. The van der Waals surface area contributed by atoms with E-state index in [9.17, 15) is 28.4 Å². The first-order valence-electron chi connectivity index (χ1n) is 11.1. The Kier molecular flexibility index (Phi) is 9.99. The number of aromatic amines is 1. The van der Waals surface area contributed by atoms with E-state index in [2.05, 4.69) is 26.0 Å². The normalized spacial score (nSPS) is 22.0. The van der Waals surface area contributed by atoms with Crippen molar-refractivity contribution in [3.8, 4) is 5.75 Å². The van der Waals surface area contributed by atoms with Crippen molar-refractivity contribution in [2.45, 2.75) is 44.7 Å². The van der Waals surface area contributed by atoms with Crippen molar-refractivity contribution < 1.29 is 37.4 Å². The molecule has 1 saturated heterocycles. The molecule has 1 fully saturated rings. The molecular weight excluding hydrogens is 580 g/mol. The highest BCUT2D eigenvalue weighted by Crippen LogP contribution is 2.46. The lowest BCUT2D eigenvalue weighted by atomic mass is 10.2. The highest BCUT2D eigenvalue weighted by Gasteiger charge is 2.39. The number of ether oxygens (including phenoxy) is 2. The molecule has 0 amide bonds. The van der Waals surface area contributed by atoms with Gasteiger partial charge in [-0.05, 0) is 49.2 Å². The summed E-state index contributed by atoms with van der Waals surface area (Å²) in [4.78, 5) is 39.9. The number of hydrogen-bond donors (Lipinski definition) is 3. The first-order valence-corrected chi connectivity index (χ1v) is 13.6. The molecule has 0 aliphatic carbocycles. The number of aliphatic hydroxyl groups is 1. The zero-order chi connectivity index (χ0) is 27.2. The van der Waals surface area contributed by atoms with Gasteiger partial charge in [-0.25, -0.2) is 13.8 Å². The second-order valence-electron chi connectivity index (χ2n) is 7.92. The van der Waals surface area contributed by atoms with E-state index in [1.54, 1.807) is 6.92 Å². The fourth-order valence-corrected chi connectivity index (χ4v) is 5.18. The van der Waals surface area contributed by atoms with Gasteiger partial charge in [0.2, 0.25) is 0 Å². The van der Waals surface area contributed by atoms with Crippen molar-refractivity contribution in [1.29, 1.82) is 0 Å². The number of halogens is 2. The molecule has 1 aliphatic heterocycles. The minimum Gasteiger partial charge on any atom is -0.465 e. The van der Waals surface area contributed by atoms with Crippen molar-refractivity contribution in [2.75, 3.05) is 13.2 Å². The fourth-order valence-electron chi connectivity index (χ4n) is 3.39. The number of nitrogens with one attached hydrogen (secondary N) is 2. The van der Waals surface area contributed by atoms with Crippen LogP contribution in [0.1, 0.15) is 32.1 Å². The van der Waals surface area contributed by atoms with E-state index < -0.39 is 61.9 Å². The number of nitrogens with zero attached hydrogens (tertiary/aromatic N) is 1. The van der Waals surface area contributed by atoms with Crippen LogP contribution in [0.2, 0.25) is 0 Å². The van der Waals surface area contributed by atoms with Crippen LogP contribution in [-0.2, 0) is 23.4 Å². The van der Waals surface area contributed by atoms with E-state index in [1.165, 1.54) is 36.3 Å². The minimum absolute atomic E-state index is 0.00812. The van der Waals surface area contributed by atoms with E-state index in [0.717, 1.165) is 16.7 Å². The summed E-state index contributed by atoms with van der Waals surface area (Å²) in [6, 6.07) is 3.52. The van der Waals surface area contributed by atoms with Crippen molar-refractivity contribution in [1.82, 2.24) is 14.6 Å². The van der Waals surface area contributed by atoms with Gasteiger partial charge in [-0.2, -0.15) is 5.09 Å². The lowest BCUT2D eigenvalue weighted by molar-refractivity contribution is -0.144. The van der Waals surface area contributed by atoms with Gasteiger partial charge in [-0.15, -0.1) is 0 Å². The first kappa shape index (κ1) is 29.0. The van der Waals surface area contributed by atoms with Crippen LogP contribution in [0.3, 0.4) is 0 Å². The fraction of sp³-hybridized carbons (Fsp3) is 0.409. The average Bonchev–Trinajstić information content (AvgIpc) is 3.21. The summed E-state index contributed by atoms with van der Waals surface area (Å²) in [6.45, 7) is 2.62. The van der Waals surface area contributed by atoms with E-state index in [-0.39, 0.29) is 24.3 Å².